The van der Waals surface area contributed by atoms with Crippen LogP contribution in [-0.4, -0.2) is 30.5 Å². The standard InChI is InChI=1S/C33H29N3O5S2/c1-5-40-32(38)29-20(2)35-33-36(30(29)22-11-13-25(42-4)14-12-22)31(37)28(43-33)17-21-10-15-26(27(16-21)39-3)41-19-24-9-7-6-8-23(24)18-34/h6-17,30H,5,19H2,1-4H3/b28-17+/t30-/m0/s1. The number of rotatable bonds is 9. The molecule has 5 rings (SSSR count). The summed E-state index contributed by atoms with van der Waals surface area (Å²) in [7, 11) is 1.55. The summed E-state index contributed by atoms with van der Waals surface area (Å²) in [6.45, 7) is 3.94. The van der Waals surface area contributed by atoms with E-state index in [0.29, 0.717) is 37.7 Å². The highest BCUT2D eigenvalue weighted by molar-refractivity contribution is 7.98. The SMILES string of the molecule is CCOC(=O)C1=C(C)N=c2s/c(=C/c3ccc(OCc4ccccc4C#N)c(OC)c3)c(=O)n2[C@H]1c1ccc(SC)cc1. The van der Waals surface area contributed by atoms with Gasteiger partial charge in [-0.1, -0.05) is 47.7 Å². The third-order valence-corrected chi connectivity index (χ3v) is 8.68. The van der Waals surface area contributed by atoms with Gasteiger partial charge >= 0.3 is 5.97 Å². The Hall–Kier alpha value is -4.59. The largest absolute Gasteiger partial charge is 0.493 e. The maximum atomic E-state index is 13.9. The number of carbonyl (C=O) groups excluding carboxylic acids is 1. The first-order chi connectivity index (χ1) is 20.9. The number of nitriles is 1. The van der Waals surface area contributed by atoms with Crippen molar-refractivity contribution in [3.8, 4) is 17.6 Å². The molecule has 3 aromatic carbocycles. The molecule has 0 spiro atoms. The monoisotopic (exact) mass is 611 g/mol. The van der Waals surface area contributed by atoms with E-state index in [1.54, 1.807) is 61.6 Å². The van der Waals surface area contributed by atoms with Crippen LogP contribution in [0, 0.1) is 11.3 Å². The fourth-order valence-corrected chi connectivity index (χ4v) is 6.30. The molecule has 218 valence electrons. The molecule has 1 atom stereocenters. The molecule has 0 saturated carbocycles. The summed E-state index contributed by atoms with van der Waals surface area (Å²) in [5.41, 5.74) is 3.45. The van der Waals surface area contributed by atoms with Crippen molar-refractivity contribution in [1.82, 2.24) is 4.57 Å². The maximum absolute atomic E-state index is 13.9. The molecule has 0 unspecified atom stereocenters. The lowest BCUT2D eigenvalue weighted by Gasteiger charge is -2.24. The van der Waals surface area contributed by atoms with Crippen LogP contribution in [0.3, 0.4) is 0 Å². The van der Waals surface area contributed by atoms with Crippen LogP contribution in [0.1, 0.15) is 42.1 Å². The van der Waals surface area contributed by atoms with Gasteiger partial charge in [0.2, 0.25) is 0 Å². The number of nitrogens with zero attached hydrogens (tertiary/aromatic N) is 3. The fourth-order valence-electron chi connectivity index (χ4n) is 4.85. The Bertz CT molecular complexity index is 1930. The van der Waals surface area contributed by atoms with Gasteiger partial charge < -0.3 is 14.2 Å². The molecule has 0 aliphatic carbocycles. The van der Waals surface area contributed by atoms with E-state index in [9.17, 15) is 14.9 Å². The molecule has 0 amide bonds. The number of benzene rings is 3. The van der Waals surface area contributed by atoms with Crippen LogP contribution in [0.25, 0.3) is 6.08 Å². The molecule has 0 saturated heterocycles. The number of hydrogen-bond acceptors (Lipinski definition) is 9. The normalized spacial score (nSPS) is 14.5. The van der Waals surface area contributed by atoms with Crippen molar-refractivity contribution in [2.75, 3.05) is 20.0 Å². The van der Waals surface area contributed by atoms with E-state index < -0.39 is 12.0 Å². The van der Waals surface area contributed by atoms with Crippen molar-refractivity contribution in [2.45, 2.75) is 31.4 Å². The van der Waals surface area contributed by atoms with Crippen LogP contribution in [0.4, 0.5) is 0 Å². The Morgan fingerprint density at radius 2 is 1.91 bits per heavy atom. The predicted molar refractivity (Wildman–Crippen MR) is 167 cm³/mol. The van der Waals surface area contributed by atoms with E-state index >= 15 is 0 Å². The summed E-state index contributed by atoms with van der Waals surface area (Å²) < 4.78 is 19.0. The number of fused-ring (bicyclic) bond motifs is 1. The summed E-state index contributed by atoms with van der Waals surface area (Å²) >= 11 is 2.87. The van der Waals surface area contributed by atoms with Crippen LogP contribution < -0.4 is 24.4 Å². The van der Waals surface area contributed by atoms with E-state index in [1.807, 2.05) is 54.8 Å². The van der Waals surface area contributed by atoms with Gasteiger partial charge in [-0.15, -0.1) is 11.8 Å². The van der Waals surface area contributed by atoms with Gasteiger partial charge in [0.15, 0.2) is 16.3 Å². The number of esters is 1. The lowest BCUT2D eigenvalue weighted by Crippen LogP contribution is -2.39. The van der Waals surface area contributed by atoms with E-state index in [-0.39, 0.29) is 18.8 Å². The van der Waals surface area contributed by atoms with Crippen molar-refractivity contribution in [3.05, 3.63) is 120 Å². The van der Waals surface area contributed by atoms with Crippen molar-refractivity contribution in [1.29, 1.82) is 5.26 Å². The zero-order valence-electron chi connectivity index (χ0n) is 24.1. The molecule has 1 aromatic heterocycles. The van der Waals surface area contributed by atoms with E-state index in [2.05, 4.69) is 11.1 Å². The molecule has 0 radical (unpaired) electrons. The fraction of sp³-hybridized carbons (Fsp3) is 0.212. The molecule has 1 aliphatic rings. The Morgan fingerprint density at radius 3 is 2.60 bits per heavy atom. The van der Waals surface area contributed by atoms with E-state index in [4.69, 9.17) is 14.2 Å². The summed E-state index contributed by atoms with van der Waals surface area (Å²) in [5, 5.41) is 9.36. The molecule has 0 bridgehead atoms. The van der Waals surface area contributed by atoms with Gasteiger partial charge in [0.05, 0.1) is 47.2 Å². The van der Waals surface area contributed by atoms with Gasteiger partial charge in [0.1, 0.15) is 6.61 Å². The molecular formula is C33H29N3O5S2. The van der Waals surface area contributed by atoms with Gasteiger partial charge in [-0.3, -0.25) is 9.36 Å². The van der Waals surface area contributed by atoms with Crippen molar-refractivity contribution >= 4 is 35.1 Å². The van der Waals surface area contributed by atoms with Gasteiger partial charge in [-0.25, -0.2) is 9.79 Å². The zero-order valence-corrected chi connectivity index (χ0v) is 25.8. The first-order valence-electron chi connectivity index (χ1n) is 13.5. The average molecular weight is 612 g/mol. The third-order valence-electron chi connectivity index (χ3n) is 6.96. The number of methoxy groups -OCH3 is 1. The summed E-state index contributed by atoms with van der Waals surface area (Å²) in [6, 6.07) is 22.0. The van der Waals surface area contributed by atoms with Gasteiger partial charge in [0, 0.05) is 10.5 Å². The molecule has 4 aromatic rings. The minimum atomic E-state index is -0.671. The second-order valence-corrected chi connectivity index (χ2v) is 11.4. The van der Waals surface area contributed by atoms with E-state index in [0.717, 1.165) is 21.6 Å². The topological polar surface area (TPSA) is 103 Å². The number of thioether (sulfide) groups is 1. The number of allylic oxidation sites excluding steroid dienone is 1. The quantitative estimate of drug-likeness (QED) is 0.194. The van der Waals surface area contributed by atoms with Crippen LogP contribution in [-0.2, 0) is 16.1 Å². The first kappa shape index (κ1) is 29.9. The first-order valence-corrected chi connectivity index (χ1v) is 15.5. The van der Waals surface area contributed by atoms with Crippen LogP contribution >= 0.6 is 23.1 Å². The van der Waals surface area contributed by atoms with Gasteiger partial charge in [-0.05, 0) is 67.6 Å². The number of aromatic nitrogens is 1. The Balaban J connectivity index is 1.54. The van der Waals surface area contributed by atoms with Gasteiger partial charge in [-0.2, -0.15) is 5.26 Å². The van der Waals surface area contributed by atoms with Crippen molar-refractivity contribution in [3.63, 3.8) is 0 Å². The summed E-state index contributed by atoms with van der Waals surface area (Å²) in [5.74, 6) is 0.509. The number of hydrogen-bond donors (Lipinski definition) is 0. The molecule has 0 N–H and O–H groups in total. The molecular weight excluding hydrogens is 583 g/mol. The maximum Gasteiger partial charge on any atom is 0.338 e. The smallest absolute Gasteiger partial charge is 0.338 e. The second kappa shape index (κ2) is 13.2. The zero-order chi connectivity index (χ0) is 30.5. The molecule has 43 heavy (non-hydrogen) atoms. The lowest BCUT2D eigenvalue weighted by atomic mass is 9.96. The van der Waals surface area contributed by atoms with Crippen molar-refractivity contribution in [2.24, 2.45) is 4.99 Å². The second-order valence-electron chi connectivity index (χ2n) is 9.54. The molecule has 2 heterocycles. The Kier molecular flexibility index (Phi) is 9.14. The number of thiazole rings is 1. The molecule has 8 nitrogen and oxygen atoms in total. The van der Waals surface area contributed by atoms with E-state index in [1.165, 1.54) is 11.3 Å². The molecule has 10 heteroatoms. The average Bonchev–Trinajstić information content (AvgIpc) is 3.33. The van der Waals surface area contributed by atoms with Crippen molar-refractivity contribution < 1.29 is 19.0 Å². The van der Waals surface area contributed by atoms with Crippen LogP contribution in [0.5, 0.6) is 11.5 Å². The summed E-state index contributed by atoms with van der Waals surface area (Å²) in [4.78, 5) is 33.3. The van der Waals surface area contributed by atoms with Gasteiger partial charge in [0.25, 0.3) is 5.56 Å². The Labute approximate surface area is 257 Å². The van der Waals surface area contributed by atoms with Crippen LogP contribution in [0.15, 0.2) is 92.7 Å². The Morgan fingerprint density at radius 1 is 1.14 bits per heavy atom. The minimum absolute atomic E-state index is 0.206. The number of ether oxygens (including phenoxy) is 3. The number of carbonyl (C=O) groups is 1. The van der Waals surface area contributed by atoms with Crippen LogP contribution in [0.2, 0.25) is 0 Å². The molecule has 1 aliphatic heterocycles. The molecule has 0 fully saturated rings. The highest BCUT2D eigenvalue weighted by atomic mass is 32.2. The minimum Gasteiger partial charge on any atom is -0.493 e. The highest BCUT2D eigenvalue weighted by Gasteiger charge is 2.33. The highest BCUT2D eigenvalue weighted by Crippen LogP contribution is 2.32. The third kappa shape index (κ3) is 6.14. The lowest BCUT2D eigenvalue weighted by molar-refractivity contribution is -0.139. The predicted octanol–water partition coefficient (Wildman–Crippen LogP) is 4.98. The summed E-state index contributed by atoms with van der Waals surface area (Å²) in [6.07, 6.45) is 3.77.